The molecule has 0 aromatic heterocycles. The molecule has 0 saturated heterocycles. The Kier molecular flexibility index (Phi) is 7.67. The van der Waals surface area contributed by atoms with Crippen molar-refractivity contribution in [3.63, 3.8) is 0 Å². The number of aryl methyl sites for hydroxylation is 1. The van der Waals surface area contributed by atoms with Gasteiger partial charge in [-0.05, 0) is 49.1 Å². The average Bonchev–Trinajstić information content (AvgIpc) is 2.67. The molecule has 0 unspecified atom stereocenters. The molecule has 2 aromatic rings. The molecule has 0 bridgehead atoms. The third kappa shape index (κ3) is 6.33. The van der Waals surface area contributed by atoms with Crippen molar-refractivity contribution in [1.29, 1.82) is 0 Å². The Labute approximate surface area is 159 Å². The van der Waals surface area contributed by atoms with Crippen molar-refractivity contribution in [1.82, 2.24) is 5.32 Å². The van der Waals surface area contributed by atoms with Crippen LogP contribution < -0.4 is 14.8 Å². The minimum absolute atomic E-state index is 0.217. The summed E-state index contributed by atoms with van der Waals surface area (Å²) < 4.78 is 10.6. The number of benzene rings is 2. The van der Waals surface area contributed by atoms with Crippen LogP contribution in [0.4, 0.5) is 0 Å². The monoisotopic (exact) mass is 371 g/mol. The van der Waals surface area contributed by atoms with E-state index in [1.54, 1.807) is 25.1 Å². The summed E-state index contributed by atoms with van der Waals surface area (Å²) in [4.78, 5) is 23.0. The molecule has 27 heavy (non-hydrogen) atoms. The molecule has 0 heterocycles. The number of hydrogen-bond donors (Lipinski definition) is 2. The molecule has 144 valence electrons. The van der Waals surface area contributed by atoms with Crippen molar-refractivity contribution >= 4 is 11.9 Å². The predicted molar refractivity (Wildman–Crippen MR) is 103 cm³/mol. The molecule has 0 saturated carbocycles. The summed E-state index contributed by atoms with van der Waals surface area (Å²) in [5, 5.41) is 11.6. The molecule has 0 aliphatic carbocycles. The largest absolute Gasteiger partial charge is 0.490 e. The van der Waals surface area contributed by atoms with Gasteiger partial charge in [0.1, 0.15) is 0 Å². The summed E-state index contributed by atoms with van der Waals surface area (Å²) in [5.74, 6) is -0.648. The van der Waals surface area contributed by atoms with Gasteiger partial charge in [-0.2, -0.15) is 0 Å². The molecule has 2 N–H and O–H groups in total. The maximum Gasteiger partial charge on any atom is 0.341 e. The number of rotatable bonds is 10. The first-order valence-electron chi connectivity index (χ1n) is 9.01. The Balaban J connectivity index is 1.95. The third-order valence-corrected chi connectivity index (χ3v) is 3.99. The number of nitrogens with one attached hydrogen (secondary N) is 1. The van der Waals surface area contributed by atoms with Gasteiger partial charge in [0, 0.05) is 12.1 Å². The van der Waals surface area contributed by atoms with Gasteiger partial charge in [-0.3, -0.25) is 4.79 Å². The molecule has 0 atom stereocenters. The van der Waals surface area contributed by atoms with E-state index in [0.717, 1.165) is 12.8 Å². The van der Waals surface area contributed by atoms with E-state index in [2.05, 4.69) is 36.5 Å². The number of ether oxygens (including phenoxy) is 2. The van der Waals surface area contributed by atoms with Crippen molar-refractivity contribution in [3.05, 3.63) is 59.2 Å². The van der Waals surface area contributed by atoms with Crippen LogP contribution in [0.15, 0.2) is 42.5 Å². The zero-order chi connectivity index (χ0) is 19.6. The second kappa shape index (κ2) is 10.2. The number of hydrogen-bond acceptors (Lipinski definition) is 4. The Bertz CT molecular complexity index is 771. The van der Waals surface area contributed by atoms with Crippen molar-refractivity contribution in [2.75, 3.05) is 19.8 Å². The van der Waals surface area contributed by atoms with Gasteiger partial charge in [0.2, 0.25) is 0 Å². The Morgan fingerprint density at radius 2 is 1.67 bits per heavy atom. The predicted octanol–water partition coefficient (Wildman–Crippen LogP) is 3.08. The van der Waals surface area contributed by atoms with Crippen LogP contribution >= 0.6 is 0 Å². The standard InChI is InChI=1S/C21H25NO5/c1-3-15-5-7-16(8-6-15)11-12-22-21(25)17-9-10-18(27-14-20(23)24)19(13-17)26-4-2/h5-10,13H,3-4,11-12,14H2,1-2H3,(H,22,25)(H,23,24). The Hall–Kier alpha value is -3.02. The fourth-order valence-corrected chi connectivity index (χ4v) is 2.54. The number of amides is 1. The molecular formula is C21H25NO5. The second-order valence-corrected chi connectivity index (χ2v) is 5.95. The smallest absolute Gasteiger partial charge is 0.341 e. The first-order valence-corrected chi connectivity index (χ1v) is 9.01. The van der Waals surface area contributed by atoms with Gasteiger partial charge in [0.25, 0.3) is 5.91 Å². The van der Waals surface area contributed by atoms with Crippen LogP contribution in [0, 0.1) is 0 Å². The molecule has 6 heteroatoms. The van der Waals surface area contributed by atoms with Gasteiger partial charge in [0.15, 0.2) is 18.1 Å². The maximum absolute atomic E-state index is 12.4. The molecule has 0 aliphatic heterocycles. The second-order valence-electron chi connectivity index (χ2n) is 5.95. The first kappa shape index (κ1) is 20.3. The summed E-state index contributed by atoms with van der Waals surface area (Å²) in [5.41, 5.74) is 2.89. The summed E-state index contributed by atoms with van der Waals surface area (Å²) in [7, 11) is 0. The van der Waals surface area contributed by atoms with Crippen molar-refractivity contribution in [2.45, 2.75) is 26.7 Å². The SMILES string of the molecule is CCOc1cc(C(=O)NCCc2ccc(CC)cc2)ccc1OCC(=O)O. The normalized spacial score (nSPS) is 10.3. The molecule has 1 amide bonds. The van der Waals surface area contributed by atoms with E-state index in [4.69, 9.17) is 14.6 Å². The van der Waals surface area contributed by atoms with E-state index in [-0.39, 0.29) is 5.91 Å². The lowest BCUT2D eigenvalue weighted by atomic mass is 10.1. The highest BCUT2D eigenvalue weighted by molar-refractivity contribution is 5.94. The highest BCUT2D eigenvalue weighted by Crippen LogP contribution is 2.28. The highest BCUT2D eigenvalue weighted by Gasteiger charge is 2.12. The van der Waals surface area contributed by atoms with Crippen LogP contribution in [0.25, 0.3) is 0 Å². The minimum Gasteiger partial charge on any atom is -0.490 e. The average molecular weight is 371 g/mol. The lowest BCUT2D eigenvalue weighted by Gasteiger charge is -2.12. The summed E-state index contributed by atoms with van der Waals surface area (Å²) in [6, 6.07) is 13.0. The molecule has 0 aliphatic rings. The number of aliphatic carboxylic acids is 1. The number of carboxylic acid groups (broad SMARTS) is 1. The Morgan fingerprint density at radius 1 is 0.963 bits per heavy atom. The van der Waals surface area contributed by atoms with Gasteiger partial charge < -0.3 is 19.9 Å². The maximum atomic E-state index is 12.4. The fraction of sp³-hybridized carbons (Fsp3) is 0.333. The number of carbonyl (C=O) groups excluding carboxylic acids is 1. The Morgan fingerprint density at radius 3 is 2.30 bits per heavy atom. The van der Waals surface area contributed by atoms with Crippen LogP contribution in [0.5, 0.6) is 11.5 Å². The van der Waals surface area contributed by atoms with Crippen LogP contribution in [0.3, 0.4) is 0 Å². The summed E-state index contributed by atoms with van der Waals surface area (Å²) in [6.45, 7) is 4.34. The minimum atomic E-state index is -1.08. The van der Waals surface area contributed by atoms with Gasteiger partial charge in [-0.1, -0.05) is 31.2 Å². The molecule has 0 spiro atoms. The quantitative estimate of drug-likeness (QED) is 0.670. The number of carbonyl (C=O) groups is 2. The highest BCUT2D eigenvalue weighted by atomic mass is 16.5. The van der Waals surface area contributed by atoms with E-state index in [1.165, 1.54) is 11.1 Å². The number of carboxylic acids is 1. The first-order chi connectivity index (χ1) is 13.0. The zero-order valence-corrected chi connectivity index (χ0v) is 15.7. The zero-order valence-electron chi connectivity index (χ0n) is 15.7. The van der Waals surface area contributed by atoms with Crippen LogP contribution in [0.1, 0.15) is 35.3 Å². The van der Waals surface area contributed by atoms with E-state index < -0.39 is 12.6 Å². The van der Waals surface area contributed by atoms with Gasteiger partial charge >= 0.3 is 5.97 Å². The van der Waals surface area contributed by atoms with Gasteiger partial charge in [0.05, 0.1) is 6.61 Å². The van der Waals surface area contributed by atoms with Crippen molar-refractivity contribution < 1.29 is 24.2 Å². The molecule has 2 rings (SSSR count). The van der Waals surface area contributed by atoms with Crippen molar-refractivity contribution in [2.24, 2.45) is 0 Å². The summed E-state index contributed by atoms with van der Waals surface area (Å²) in [6.07, 6.45) is 1.75. The lowest BCUT2D eigenvalue weighted by molar-refractivity contribution is -0.139. The van der Waals surface area contributed by atoms with Crippen molar-refractivity contribution in [3.8, 4) is 11.5 Å². The lowest BCUT2D eigenvalue weighted by Crippen LogP contribution is -2.25. The molecule has 0 radical (unpaired) electrons. The molecule has 2 aromatic carbocycles. The molecule has 6 nitrogen and oxygen atoms in total. The summed E-state index contributed by atoms with van der Waals surface area (Å²) >= 11 is 0. The van der Waals surface area contributed by atoms with E-state index in [0.29, 0.717) is 30.2 Å². The van der Waals surface area contributed by atoms with E-state index in [1.807, 2.05) is 0 Å². The fourth-order valence-electron chi connectivity index (χ4n) is 2.54. The topological polar surface area (TPSA) is 84.9 Å². The third-order valence-electron chi connectivity index (χ3n) is 3.99. The molecule has 0 fully saturated rings. The van der Waals surface area contributed by atoms with Gasteiger partial charge in [-0.25, -0.2) is 4.79 Å². The van der Waals surface area contributed by atoms with Crippen LogP contribution in [0.2, 0.25) is 0 Å². The van der Waals surface area contributed by atoms with E-state index >= 15 is 0 Å². The molecular weight excluding hydrogens is 346 g/mol. The van der Waals surface area contributed by atoms with Crippen LogP contribution in [-0.2, 0) is 17.6 Å². The van der Waals surface area contributed by atoms with E-state index in [9.17, 15) is 9.59 Å². The van der Waals surface area contributed by atoms with Crippen LogP contribution in [-0.4, -0.2) is 36.7 Å². The van der Waals surface area contributed by atoms with Gasteiger partial charge in [-0.15, -0.1) is 0 Å².